The molecule has 0 radical (unpaired) electrons. The van der Waals surface area contributed by atoms with E-state index in [4.69, 9.17) is 9.05 Å². The zero-order valence-corrected chi connectivity index (χ0v) is 27.6. The molecule has 0 aromatic carbocycles. The summed E-state index contributed by atoms with van der Waals surface area (Å²) in [4.78, 5) is 22.7. The highest BCUT2D eigenvalue weighted by Gasteiger charge is 2.27. The van der Waals surface area contributed by atoms with Gasteiger partial charge in [0, 0.05) is 6.42 Å². The monoisotopic (exact) mass is 609 g/mol. The van der Waals surface area contributed by atoms with Crippen LogP contribution in [0.2, 0.25) is 0 Å². The lowest BCUT2D eigenvalue weighted by Gasteiger charge is -2.25. The number of phosphoric acid groups is 1. The fourth-order valence-electron chi connectivity index (χ4n) is 3.42. The number of carbonyl (C=O) groups excluding carboxylic acids is 1. The maximum atomic E-state index is 12.6. The number of hydrogen-bond acceptors (Lipinski definition) is 5. The molecule has 9 heteroatoms. The van der Waals surface area contributed by atoms with Gasteiger partial charge in [-0.3, -0.25) is 13.8 Å². The van der Waals surface area contributed by atoms with Crippen LogP contribution in [0.25, 0.3) is 0 Å². The maximum absolute atomic E-state index is 12.6. The molecule has 0 heterocycles. The molecule has 0 aliphatic rings. The van der Waals surface area contributed by atoms with E-state index >= 15 is 0 Å². The number of nitrogens with zero attached hydrogens (tertiary/aromatic N) is 1. The number of unbranched alkanes of at least 4 members (excludes halogenated alkanes) is 2. The van der Waals surface area contributed by atoms with Crippen LogP contribution in [0.5, 0.6) is 0 Å². The number of phosphoric ester groups is 1. The standard InChI is InChI=1S/C33H57N2O6P/c1-6-8-10-12-14-15-16-17-18-19-21-23-25-27-33(37)34-31(32(36)26-24-22-20-13-11-9-7-2)30-41-42(38,39)40-29-28-35(3,4)5/h8,10-11,13-15,17-18,21,23-24,26,31-32,36H,6-7,9,12,16,19-20,22,25,27-30H2,1-5H3,(H-,34,37,38,39)/p+1/b10-8-,13-11+,15-14-,18-17-,23-21-,26-24+. The van der Waals surface area contributed by atoms with Crippen molar-refractivity contribution in [2.75, 3.05) is 40.9 Å². The molecule has 1 amide bonds. The minimum absolute atomic E-state index is 0.0389. The van der Waals surface area contributed by atoms with Crippen LogP contribution in [-0.4, -0.2) is 73.4 Å². The van der Waals surface area contributed by atoms with Crippen LogP contribution in [-0.2, 0) is 18.4 Å². The lowest BCUT2D eigenvalue weighted by Crippen LogP contribution is -2.45. The van der Waals surface area contributed by atoms with E-state index in [0.29, 0.717) is 17.4 Å². The summed E-state index contributed by atoms with van der Waals surface area (Å²) in [6.07, 6.45) is 31.6. The van der Waals surface area contributed by atoms with Crippen molar-refractivity contribution in [1.82, 2.24) is 5.32 Å². The Morgan fingerprint density at radius 3 is 1.95 bits per heavy atom. The molecule has 42 heavy (non-hydrogen) atoms. The molecule has 0 rings (SSSR count). The van der Waals surface area contributed by atoms with Crippen LogP contribution in [0.4, 0.5) is 0 Å². The maximum Gasteiger partial charge on any atom is 0.472 e. The second-order valence-corrected chi connectivity index (χ2v) is 12.5. The van der Waals surface area contributed by atoms with Crippen LogP contribution < -0.4 is 5.32 Å². The lowest BCUT2D eigenvalue weighted by atomic mass is 10.1. The Labute approximate surface area is 255 Å². The first-order chi connectivity index (χ1) is 20.0. The van der Waals surface area contributed by atoms with Crippen molar-refractivity contribution < 1.29 is 32.9 Å². The first-order valence-corrected chi connectivity index (χ1v) is 16.8. The van der Waals surface area contributed by atoms with Crippen LogP contribution in [0, 0.1) is 0 Å². The van der Waals surface area contributed by atoms with Gasteiger partial charge in [-0.2, -0.15) is 0 Å². The van der Waals surface area contributed by atoms with Crippen LogP contribution >= 0.6 is 7.82 Å². The smallest absolute Gasteiger partial charge is 0.387 e. The van der Waals surface area contributed by atoms with E-state index in [2.05, 4.69) is 67.8 Å². The van der Waals surface area contributed by atoms with E-state index in [-0.39, 0.29) is 25.5 Å². The Morgan fingerprint density at radius 2 is 1.36 bits per heavy atom. The average molecular weight is 610 g/mol. The largest absolute Gasteiger partial charge is 0.472 e. The van der Waals surface area contributed by atoms with Crippen LogP contribution in [0.3, 0.4) is 0 Å². The highest BCUT2D eigenvalue weighted by molar-refractivity contribution is 7.47. The molecule has 3 atom stereocenters. The summed E-state index contributed by atoms with van der Waals surface area (Å²) in [5, 5.41) is 13.5. The molecule has 0 aliphatic heterocycles. The first-order valence-electron chi connectivity index (χ1n) is 15.3. The Hall–Kier alpha value is -2.06. The summed E-state index contributed by atoms with van der Waals surface area (Å²) < 4.78 is 23.2. The molecule has 0 fully saturated rings. The number of rotatable bonds is 25. The Kier molecular flexibility index (Phi) is 24.2. The molecule has 0 saturated carbocycles. The second-order valence-electron chi connectivity index (χ2n) is 11.1. The van der Waals surface area contributed by atoms with Crippen molar-refractivity contribution in [3.8, 4) is 0 Å². The molecule has 8 nitrogen and oxygen atoms in total. The number of carbonyl (C=O) groups is 1. The summed E-state index contributed by atoms with van der Waals surface area (Å²) in [6.45, 7) is 4.44. The minimum atomic E-state index is -4.34. The lowest BCUT2D eigenvalue weighted by molar-refractivity contribution is -0.870. The minimum Gasteiger partial charge on any atom is -0.387 e. The number of amides is 1. The highest BCUT2D eigenvalue weighted by atomic mass is 31.2. The highest BCUT2D eigenvalue weighted by Crippen LogP contribution is 2.43. The number of nitrogens with one attached hydrogen (secondary N) is 1. The van der Waals surface area contributed by atoms with Crippen molar-refractivity contribution in [3.63, 3.8) is 0 Å². The fourth-order valence-corrected chi connectivity index (χ4v) is 4.16. The molecular formula is C33H58N2O6P+. The van der Waals surface area contributed by atoms with Gasteiger partial charge in [0.1, 0.15) is 13.2 Å². The SMILES string of the molecule is CC/C=C\C/C=C\C/C=C\C/C=C\CCC(=O)NC(COP(=O)(O)OCC[N+](C)(C)C)C(O)/C=C/CC/C=C/CCC. The quantitative estimate of drug-likeness (QED) is 0.0448. The van der Waals surface area contributed by atoms with E-state index < -0.39 is 20.0 Å². The van der Waals surface area contributed by atoms with Gasteiger partial charge in [-0.05, 0) is 51.4 Å². The zero-order chi connectivity index (χ0) is 31.5. The molecule has 0 aliphatic carbocycles. The first kappa shape index (κ1) is 39.9. The average Bonchev–Trinajstić information content (AvgIpc) is 2.92. The predicted molar refractivity (Wildman–Crippen MR) is 175 cm³/mol. The molecule has 0 bridgehead atoms. The molecule has 240 valence electrons. The summed E-state index contributed by atoms with van der Waals surface area (Å²) >= 11 is 0. The van der Waals surface area contributed by atoms with Gasteiger partial charge in [0.15, 0.2) is 0 Å². The van der Waals surface area contributed by atoms with Gasteiger partial charge in [-0.1, -0.05) is 93.2 Å². The summed E-state index contributed by atoms with van der Waals surface area (Å²) in [7, 11) is 1.49. The van der Waals surface area contributed by atoms with E-state index in [9.17, 15) is 19.4 Å². The van der Waals surface area contributed by atoms with Crippen molar-refractivity contribution in [3.05, 3.63) is 72.9 Å². The molecule has 0 aromatic rings. The van der Waals surface area contributed by atoms with Gasteiger partial charge in [0.25, 0.3) is 0 Å². The van der Waals surface area contributed by atoms with Crippen LogP contribution in [0.15, 0.2) is 72.9 Å². The second kappa shape index (κ2) is 25.4. The van der Waals surface area contributed by atoms with E-state index in [1.165, 1.54) is 0 Å². The van der Waals surface area contributed by atoms with Gasteiger partial charge in [0.2, 0.25) is 5.91 Å². The van der Waals surface area contributed by atoms with Crippen LogP contribution in [0.1, 0.15) is 78.1 Å². The Balaban J connectivity index is 4.80. The summed E-state index contributed by atoms with van der Waals surface area (Å²) in [5.41, 5.74) is 0. The van der Waals surface area contributed by atoms with Gasteiger partial charge >= 0.3 is 7.82 Å². The Bertz CT molecular complexity index is 918. The molecular weight excluding hydrogens is 551 g/mol. The van der Waals surface area contributed by atoms with Gasteiger partial charge < -0.3 is 19.8 Å². The normalized spacial score (nSPS) is 16.1. The third-order valence-electron chi connectivity index (χ3n) is 5.90. The topological polar surface area (TPSA) is 105 Å². The third-order valence-corrected chi connectivity index (χ3v) is 6.89. The summed E-state index contributed by atoms with van der Waals surface area (Å²) in [6, 6.07) is -0.899. The van der Waals surface area contributed by atoms with Gasteiger partial charge in [-0.15, -0.1) is 0 Å². The number of hydrogen-bond donors (Lipinski definition) is 3. The number of aliphatic hydroxyl groups excluding tert-OH is 1. The number of quaternary nitrogens is 1. The Morgan fingerprint density at radius 1 is 0.810 bits per heavy atom. The molecule has 3 unspecified atom stereocenters. The number of likely N-dealkylation sites (N-methyl/N-ethyl adjacent to an activating group) is 1. The predicted octanol–water partition coefficient (Wildman–Crippen LogP) is 6.95. The molecule has 3 N–H and O–H groups in total. The van der Waals surface area contributed by atoms with E-state index in [0.717, 1.165) is 51.4 Å². The number of allylic oxidation sites excluding steroid dienone is 11. The van der Waals surface area contributed by atoms with Crippen molar-refractivity contribution in [2.24, 2.45) is 0 Å². The number of aliphatic hydroxyl groups is 1. The van der Waals surface area contributed by atoms with E-state index in [1.54, 1.807) is 6.08 Å². The fraction of sp³-hybridized carbons (Fsp3) is 0.606. The van der Waals surface area contributed by atoms with Gasteiger partial charge in [0.05, 0.1) is 39.9 Å². The van der Waals surface area contributed by atoms with Crippen molar-refractivity contribution in [1.29, 1.82) is 0 Å². The van der Waals surface area contributed by atoms with E-state index in [1.807, 2.05) is 39.4 Å². The molecule has 0 saturated heterocycles. The van der Waals surface area contributed by atoms with Crippen molar-refractivity contribution in [2.45, 2.75) is 90.2 Å². The summed E-state index contributed by atoms with van der Waals surface area (Å²) in [5.74, 6) is -0.278. The zero-order valence-electron chi connectivity index (χ0n) is 26.7. The molecule has 0 spiro atoms. The molecule has 0 aromatic heterocycles. The van der Waals surface area contributed by atoms with Gasteiger partial charge in [-0.25, -0.2) is 4.57 Å². The third kappa shape index (κ3) is 26.8. The van der Waals surface area contributed by atoms with Crippen molar-refractivity contribution >= 4 is 13.7 Å².